The fourth-order valence-corrected chi connectivity index (χ4v) is 4.04. The first kappa shape index (κ1) is 14.9. The van der Waals surface area contributed by atoms with Gasteiger partial charge in [-0.1, -0.05) is 12.5 Å². The van der Waals surface area contributed by atoms with Gasteiger partial charge >= 0.3 is 0 Å². The van der Waals surface area contributed by atoms with E-state index in [4.69, 9.17) is 10.5 Å². The molecule has 1 saturated carbocycles. The van der Waals surface area contributed by atoms with Crippen LogP contribution in [0.25, 0.3) is 0 Å². The molecular weight excluding hydrogens is 260 g/mol. The largest absolute Gasteiger partial charge is 0.497 e. The zero-order valence-corrected chi connectivity index (χ0v) is 13.4. The van der Waals surface area contributed by atoms with E-state index in [1.807, 2.05) is 0 Å². The summed E-state index contributed by atoms with van der Waals surface area (Å²) < 4.78 is 5.45. The van der Waals surface area contributed by atoms with Crippen LogP contribution in [-0.4, -0.2) is 32.1 Å². The normalized spacial score (nSPS) is 25.5. The summed E-state index contributed by atoms with van der Waals surface area (Å²) in [6.07, 6.45) is 7.72. The fourth-order valence-electron chi connectivity index (χ4n) is 4.04. The van der Waals surface area contributed by atoms with E-state index < -0.39 is 0 Å². The van der Waals surface area contributed by atoms with Crippen molar-refractivity contribution < 1.29 is 4.74 Å². The van der Waals surface area contributed by atoms with Crippen molar-refractivity contribution in [3.8, 4) is 5.75 Å². The molecule has 1 atom stereocenters. The van der Waals surface area contributed by atoms with Crippen molar-refractivity contribution in [3.05, 3.63) is 29.3 Å². The number of methoxy groups -OCH3 is 1. The Kier molecular flexibility index (Phi) is 4.23. The number of nitrogens with zero attached hydrogens (tertiary/aromatic N) is 1. The minimum atomic E-state index is -0.00227. The van der Waals surface area contributed by atoms with Gasteiger partial charge in [-0.25, -0.2) is 0 Å². The highest BCUT2D eigenvalue weighted by atomic mass is 16.5. The molecule has 0 heterocycles. The molecule has 2 N–H and O–H groups in total. The summed E-state index contributed by atoms with van der Waals surface area (Å²) in [7, 11) is 4.01. The van der Waals surface area contributed by atoms with Crippen LogP contribution in [0.4, 0.5) is 0 Å². The Hall–Kier alpha value is -1.06. The third-order valence-electron chi connectivity index (χ3n) is 5.68. The number of likely N-dealkylation sites (N-methyl/N-ethyl adjacent to an activating group) is 1. The number of hydrogen-bond donors (Lipinski definition) is 1. The van der Waals surface area contributed by atoms with Crippen molar-refractivity contribution in [2.75, 3.05) is 27.2 Å². The van der Waals surface area contributed by atoms with Crippen molar-refractivity contribution in [2.24, 2.45) is 11.7 Å². The smallest absolute Gasteiger partial charge is 0.119 e. The lowest BCUT2D eigenvalue weighted by Gasteiger charge is -2.47. The molecule has 0 amide bonds. The Morgan fingerprint density at radius 3 is 2.76 bits per heavy atom. The molecule has 116 valence electrons. The van der Waals surface area contributed by atoms with E-state index in [9.17, 15) is 0 Å². The van der Waals surface area contributed by atoms with Crippen molar-refractivity contribution in [1.29, 1.82) is 0 Å². The number of benzene rings is 1. The van der Waals surface area contributed by atoms with Crippen LogP contribution in [0.3, 0.4) is 0 Å². The summed E-state index contributed by atoms with van der Waals surface area (Å²) in [6.45, 7) is 1.87. The van der Waals surface area contributed by atoms with Gasteiger partial charge in [-0.05, 0) is 68.3 Å². The Labute approximate surface area is 128 Å². The second kappa shape index (κ2) is 5.98. The van der Waals surface area contributed by atoms with Gasteiger partial charge in [0.15, 0.2) is 0 Å². The van der Waals surface area contributed by atoms with E-state index in [1.54, 1.807) is 7.11 Å². The molecule has 2 aliphatic rings. The molecule has 3 nitrogen and oxygen atoms in total. The van der Waals surface area contributed by atoms with Gasteiger partial charge in [0.1, 0.15) is 5.75 Å². The highest BCUT2D eigenvalue weighted by molar-refractivity contribution is 5.42. The third-order valence-corrected chi connectivity index (χ3v) is 5.68. The molecule has 1 fully saturated rings. The van der Waals surface area contributed by atoms with Crippen LogP contribution < -0.4 is 10.5 Å². The predicted octanol–water partition coefficient (Wildman–Crippen LogP) is 2.92. The van der Waals surface area contributed by atoms with Gasteiger partial charge in [-0.15, -0.1) is 0 Å². The molecule has 0 bridgehead atoms. The summed E-state index contributed by atoms with van der Waals surface area (Å²) in [4.78, 5) is 2.54. The predicted molar refractivity (Wildman–Crippen MR) is 86.6 cm³/mol. The second-order valence-electron chi connectivity index (χ2n) is 6.79. The minimum Gasteiger partial charge on any atom is -0.497 e. The van der Waals surface area contributed by atoms with Crippen molar-refractivity contribution in [1.82, 2.24) is 4.90 Å². The monoisotopic (exact) mass is 288 g/mol. The van der Waals surface area contributed by atoms with Gasteiger partial charge < -0.3 is 10.5 Å². The molecule has 0 saturated heterocycles. The molecule has 3 heteroatoms. The Morgan fingerprint density at radius 1 is 1.33 bits per heavy atom. The highest BCUT2D eigenvalue weighted by Crippen LogP contribution is 2.42. The van der Waals surface area contributed by atoms with Gasteiger partial charge in [-0.3, -0.25) is 4.90 Å². The number of hydrogen-bond acceptors (Lipinski definition) is 3. The maximum absolute atomic E-state index is 6.30. The van der Waals surface area contributed by atoms with Crippen molar-refractivity contribution >= 4 is 0 Å². The van der Waals surface area contributed by atoms with E-state index in [-0.39, 0.29) is 5.54 Å². The maximum atomic E-state index is 6.30. The van der Waals surface area contributed by atoms with Crippen LogP contribution in [0.2, 0.25) is 0 Å². The summed E-state index contributed by atoms with van der Waals surface area (Å²) in [5.74, 6) is 1.82. The fraction of sp³-hybridized carbons (Fsp3) is 0.667. The van der Waals surface area contributed by atoms with Crippen LogP contribution in [-0.2, 0) is 12.0 Å². The lowest BCUT2D eigenvalue weighted by atomic mass is 9.74. The number of nitrogens with two attached hydrogens (primary N) is 1. The summed E-state index contributed by atoms with van der Waals surface area (Å²) in [6, 6.07) is 6.53. The van der Waals surface area contributed by atoms with E-state index in [0.717, 1.165) is 18.1 Å². The molecule has 1 aromatic carbocycles. The zero-order chi connectivity index (χ0) is 14.9. The molecule has 0 radical (unpaired) electrons. The van der Waals surface area contributed by atoms with Gasteiger partial charge in [0, 0.05) is 13.1 Å². The Balaban J connectivity index is 1.94. The SMILES string of the molecule is COc1ccc2c(c1)C(CN)(N(C)CC1CCC1)CCC2. The lowest BCUT2D eigenvalue weighted by Crippen LogP contribution is -2.53. The highest BCUT2D eigenvalue weighted by Gasteiger charge is 2.40. The van der Waals surface area contributed by atoms with E-state index in [2.05, 4.69) is 30.1 Å². The topological polar surface area (TPSA) is 38.5 Å². The van der Waals surface area contributed by atoms with Gasteiger partial charge in [0.05, 0.1) is 12.6 Å². The molecule has 21 heavy (non-hydrogen) atoms. The van der Waals surface area contributed by atoms with E-state index in [1.165, 1.54) is 49.8 Å². The summed E-state index contributed by atoms with van der Waals surface area (Å²) in [5.41, 5.74) is 9.15. The quantitative estimate of drug-likeness (QED) is 0.905. The van der Waals surface area contributed by atoms with Crippen LogP contribution in [0, 0.1) is 5.92 Å². The van der Waals surface area contributed by atoms with E-state index >= 15 is 0 Å². The van der Waals surface area contributed by atoms with Gasteiger partial charge in [0.25, 0.3) is 0 Å². The van der Waals surface area contributed by atoms with Crippen LogP contribution in [0.1, 0.15) is 43.2 Å². The average Bonchev–Trinajstić information content (AvgIpc) is 2.49. The number of aryl methyl sites for hydroxylation is 1. The first-order valence-corrected chi connectivity index (χ1v) is 8.28. The van der Waals surface area contributed by atoms with Crippen LogP contribution in [0.15, 0.2) is 18.2 Å². The number of fused-ring (bicyclic) bond motifs is 1. The third kappa shape index (κ3) is 2.58. The second-order valence-corrected chi connectivity index (χ2v) is 6.79. The maximum Gasteiger partial charge on any atom is 0.119 e. The van der Waals surface area contributed by atoms with E-state index in [0.29, 0.717) is 6.54 Å². The van der Waals surface area contributed by atoms with Crippen molar-refractivity contribution in [3.63, 3.8) is 0 Å². The molecule has 0 aliphatic heterocycles. The molecule has 0 spiro atoms. The molecule has 1 aromatic rings. The van der Waals surface area contributed by atoms with Crippen molar-refractivity contribution in [2.45, 2.75) is 44.1 Å². The molecule has 1 unspecified atom stereocenters. The first-order valence-electron chi connectivity index (χ1n) is 8.28. The lowest BCUT2D eigenvalue weighted by molar-refractivity contribution is 0.0678. The first-order chi connectivity index (χ1) is 10.2. The molecule has 3 rings (SSSR count). The standard InChI is InChI=1S/C18H28N2O/c1-20(12-14-5-3-6-14)18(13-19)10-4-7-15-8-9-16(21-2)11-17(15)18/h8-9,11,14H,3-7,10,12-13,19H2,1-2H3. The van der Waals surface area contributed by atoms with Crippen LogP contribution in [0.5, 0.6) is 5.75 Å². The molecule has 2 aliphatic carbocycles. The summed E-state index contributed by atoms with van der Waals surface area (Å²) in [5, 5.41) is 0. The molecular formula is C18H28N2O. The molecule has 0 aromatic heterocycles. The minimum absolute atomic E-state index is 0.00227. The number of ether oxygens (including phenoxy) is 1. The van der Waals surface area contributed by atoms with Gasteiger partial charge in [-0.2, -0.15) is 0 Å². The Morgan fingerprint density at radius 2 is 2.14 bits per heavy atom. The Bertz CT molecular complexity index is 498. The average molecular weight is 288 g/mol. The van der Waals surface area contributed by atoms with Crippen LogP contribution >= 0.6 is 0 Å². The van der Waals surface area contributed by atoms with Gasteiger partial charge in [0.2, 0.25) is 0 Å². The summed E-state index contributed by atoms with van der Waals surface area (Å²) >= 11 is 0. The zero-order valence-electron chi connectivity index (χ0n) is 13.4. The number of rotatable bonds is 5.